The van der Waals surface area contributed by atoms with E-state index in [0.29, 0.717) is 29.1 Å². The molecule has 0 unspecified atom stereocenters. The largest absolute Gasteiger partial charge is 0.464 e. The zero-order chi connectivity index (χ0) is 26.0. The quantitative estimate of drug-likeness (QED) is 0.367. The number of methoxy groups -OCH3 is 1. The average molecular weight is 509 g/mol. The van der Waals surface area contributed by atoms with Crippen LogP contribution in [0.4, 0.5) is 11.5 Å². The van der Waals surface area contributed by atoms with Gasteiger partial charge in [-0.3, -0.25) is 0 Å². The number of pyridine rings is 1. The van der Waals surface area contributed by atoms with Crippen LogP contribution >= 0.6 is 11.6 Å². The number of aromatic nitrogens is 3. The van der Waals surface area contributed by atoms with E-state index < -0.39 is 12.1 Å². The minimum absolute atomic E-state index is 0.0878. The van der Waals surface area contributed by atoms with Crippen molar-refractivity contribution in [1.29, 1.82) is 5.26 Å². The Morgan fingerprint density at radius 2 is 2.08 bits per heavy atom. The van der Waals surface area contributed by atoms with Gasteiger partial charge in [0.05, 0.1) is 36.0 Å². The van der Waals surface area contributed by atoms with E-state index in [1.807, 2.05) is 30.9 Å². The summed E-state index contributed by atoms with van der Waals surface area (Å²) in [5.74, 6) is 0.0332. The number of aliphatic hydroxyl groups excluding tert-OH is 1. The second kappa shape index (κ2) is 10.6. The molecule has 9 nitrogen and oxygen atoms in total. The van der Waals surface area contributed by atoms with Crippen LogP contribution in [0.15, 0.2) is 24.3 Å². The molecule has 1 aliphatic rings. The lowest BCUT2D eigenvalue weighted by molar-refractivity contribution is 0.0595. The Morgan fingerprint density at radius 1 is 1.31 bits per heavy atom. The summed E-state index contributed by atoms with van der Waals surface area (Å²) in [4.78, 5) is 28.1. The Hall–Kier alpha value is -3.48. The van der Waals surface area contributed by atoms with E-state index in [2.05, 4.69) is 21.4 Å². The summed E-state index contributed by atoms with van der Waals surface area (Å²) in [6.07, 6.45) is 1.39. The van der Waals surface area contributed by atoms with Crippen molar-refractivity contribution in [2.75, 3.05) is 30.4 Å². The number of nitrogens with zero attached hydrogens (tertiary/aromatic N) is 5. The van der Waals surface area contributed by atoms with Gasteiger partial charge in [0.15, 0.2) is 17.2 Å². The van der Waals surface area contributed by atoms with E-state index in [9.17, 15) is 15.2 Å². The van der Waals surface area contributed by atoms with E-state index in [0.717, 1.165) is 30.5 Å². The van der Waals surface area contributed by atoms with Gasteiger partial charge in [-0.2, -0.15) is 5.26 Å². The molecule has 3 heterocycles. The van der Waals surface area contributed by atoms with E-state index in [-0.39, 0.29) is 28.5 Å². The number of piperidine rings is 1. The molecule has 1 fully saturated rings. The summed E-state index contributed by atoms with van der Waals surface area (Å²) in [5.41, 5.74) is 3.93. The van der Waals surface area contributed by atoms with Gasteiger partial charge in [-0.1, -0.05) is 17.7 Å². The SMILES string of the molecule is COC(=O)c1nc(Cl)ccc1N[C@H](C)c1cc(C)cc2nc(C#N)c(N3CCC[C@@H]([C@H](C)O)C3)nc12. The summed E-state index contributed by atoms with van der Waals surface area (Å²) in [5, 5.41) is 23.5. The van der Waals surface area contributed by atoms with E-state index >= 15 is 0 Å². The van der Waals surface area contributed by atoms with Crippen molar-refractivity contribution in [3.8, 4) is 6.07 Å². The average Bonchev–Trinajstić information content (AvgIpc) is 2.87. The highest BCUT2D eigenvalue weighted by atomic mass is 35.5. The first-order chi connectivity index (χ1) is 17.2. The third-order valence-electron chi connectivity index (χ3n) is 6.55. The zero-order valence-corrected chi connectivity index (χ0v) is 21.5. The summed E-state index contributed by atoms with van der Waals surface area (Å²) < 4.78 is 4.87. The fraction of sp³-hybridized carbons (Fsp3) is 0.423. The minimum atomic E-state index is -0.597. The molecule has 188 valence electrons. The first kappa shape index (κ1) is 25.6. The monoisotopic (exact) mass is 508 g/mol. The summed E-state index contributed by atoms with van der Waals surface area (Å²) in [6, 6.07) is 9.12. The van der Waals surface area contributed by atoms with Crippen LogP contribution in [0.2, 0.25) is 5.15 Å². The number of hydrogen-bond donors (Lipinski definition) is 2. The van der Waals surface area contributed by atoms with Gasteiger partial charge in [0.2, 0.25) is 0 Å². The maximum Gasteiger partial charge on any atom is 0.358 e. The predicted octanol–water partition coefficient (Wildman–Crippen LogP) is 4.42. The number of benzene rings is 1. The van der Waals surface area contributed by atoms with Crippen molar-refractivity contribution < 1.29 is 14.6 Å². The lowest BCUT2D eigenvalue weighted by Crippen LogP contribution is -2.40. The molecule has 36 heavy (non-hydrogen) atoms. The Kier molecular flexibility index (Phi) is 7.57. The topological polar surface area (TPSA) is 124 Å². The molecule has 2 N–H and O–H groups in total. The number of aliphatic hydroxyl groups is 1. The molecule has 3 atom stereocenters. The molecule has 0 spiro atoms. The van der Waals surface area contributed by atoms with E-state index in [4.69, 9.17) is 21.3 Å². The predicted molar refractivity (Wildman–Crippen MR) is 138 cm³/mol. The number of anilines is 2. The minimum Gasteiger partial charge on any atom is -0.464 e. The number of carbonyl (C=O) groups excluding carboxylic acids is 1. The van der Waals surface area contributed by atoms with Crippen LogP contribution in [0.1, 0.15) is 60.0 Å². The second-order valence-corrected chi connectivity index (χ2v) is 9.59. The van der Waals surface area contributed by atoms with Gasteiger partial charge in [-0.05, 0) is 57.4 Å². The van der Waals surface area contributed by atoms with Crippen LogP contribution in [0, 0.1) is 24.2 Å². The smallest absolute Gasteiger partial charge is 0.358 e. The van der Waals surface area contributed by atoms with Gasteiger partial charge in [0.25, 0.3) is 0 Å². The number of ether oxygens (including phenoxy) is 1. The molecule has 1 aliphatic heterocycles. The highest BCUT2D eigenvalue weighted by Gasteiger charge is 2.27. The number of fused-ring (bicyclic) bond motifs is 1. The third kappa shape index (κ3) is 5.20. The molecule has 0 bridgehead atoms. The maximum atomic E-state index is 12.3. The fourth-order valence-electron chi connectivity index (χ4n) is 4.66. The van der Waals surface area contributed by atoms with Gasteiger partial charge < -0.3 is 20.1 Å². The standard InChI is InChI=1S/C26H29ClN6O3/c1-14-10-18(15(2)29-19-7-8-22(27)31-24(19)26(35)36-4)23-20(11-14)30-21(12-28)25(32-23)33-9-5-6-17(13-33)16(3)34/h7-8,10-11,15-17,29,34H,5-6,9,13H2,1-4H3/t15-,16+,17-/m1/s1. The number of carbonyl (C=O) groups is 1. The molecule has 0 saturated carbocycles. The van der Waals surface area contributed by atoms with E-state index in [1.54, 1.807) is 19.1 Å². The molecule has 2 aromatic heterocycles. The van der Waals surface area contributed by atoms with Gasteiger partial charge in [-0.15, -0.1) is 0 Å². The van der Waals surface area contributed by atoms with Gasteiger partial charge in [0, 0.05) is 24.6 Å². The van der Waals surface area contributed by atoms with Gasteiger partial charge in [0.1, 0.15) is 11.2 Å². The van der Waals surface area contributed by atoms with Gasteiger partial charge in [-0.25, -0.2) is 19.7 Å². The van der Waals surface area contributed by atoms with E-state index in [1.165, 1.54) is 7.11 Å². The van der Waals surface area contributed by atoms with Crippen LogP contribution in [0.5, 0.6) is 0 Å². The Bertz CT molecular complexity index is 1340. The molecular formula is C26H29ClN6O3. The molecule has 1 aromatic carbocycles. The van der Waals surface area contributed by atoms with Crippen molar-refractivity contribution in [3.63, 3.8) is 0 Å². The molecule has 4 rings (SSSR count). The van der Waals surface area contributed by atoms with Crippen molar-refractivity contribution in [1.82, 2.24) is 15.0 Å². The Morgan fingerprint density at radius 3 is 2.78 bits per heavy atom. The van der Waals surface area contributed by atoms with Crippen molar-refractivity contribution >= 4 is 40.1 Å². The third-order valence-corrected chi connectivity index (χ3v) is 6.76. The number of esters is 1. The lowest BCUT2D eigenvalue weighted by Gasteiger charge is -2.35. The molecule has 0 amide bonds. The molecule has 1 saturated heterocycles. The van der Waals surface area contributed by atoms with Crippen LogP contribution in [0.25, 0.3) is 11.0 Å². The van der Waals surface area contributed by atoms with Crippen LogP contribution in [-0.4, -0.2) is 52.3 Å². The number of nitrogens with one attached hydrogen (secondary N) is 1. The Labute approximate surface area is 215 Å². The number of aryl methyl sites for hydroxylation is 1. The first-order valence-corrected chi connectivity index (χ1v) is 12.3. The van der Waals surface area contributed by atoms with Crippen molar-refractivity contribution in [2.45, 2.75) is 45.8 Å². The van der Waals surface area contributed by atoms with Crippen molar-refractivity contribution in [2.24, 2.45) is 5.92 Å². The second-order valence-electron chi connectivity index (χ2n) is 9.21. The normalized spacial score (nSPS) is 17.4. The highest BCUT2D eigenvalue weighted by Crippen LogP contribution is 2.32. The zero-order valence-electron chi connectivity index (χ0n) is 20.7. The van der Waals surface area contributed by atoms with Crippen LogP contribution in [0.3, 0.4) is 0 Å². The number of rotatable bonds is 6. The molecule has 3 aromatic rings. The van der Waals surface area contributed by atoms with Crippen molar-refractivity contribution in [3.05, 3.63) is 51.9 Å². The lowest BCUT2D eigenvalue weighted by atomic mass is 9.93. The van der Waals surface area contributed by atoms with Gasteiger partial charge >= 0.3 is 5.97 Å². The molecular weight excluding hydrogens is 480 g/mol. The number of halogens is 1. The fourth-order valence-corrected chi connectivity index (χ4v) is 4.81. The highest BCUT2D eigenvalue weighted by molar-refractivity contribution is 6.29. The summed E-state index contributed by atoms with van der Waals surface area (Å²) >= 11 is 6.01. The first-order valence-electron chi connectivity index (χ1n) is 11.9. The van der Waals surface area contributed by atoms with Crippen LogP contribution in [-0.2, 0) is 4.74 Å². The molecule has 0 aliphatic carbocycles. The number of hydrogen-bond acceptors (Lipinski definition) is 9. The number of nitriles is 1. The molecule has 0 radical (unpaired) electrons. The van der Waals surface area contributed by atoms with Crippen LogP contribution < -0.4 is 10.2 Å². The summed E-state index contributed by atoms with van der Waals surface area (Å²) in [6.45, 7) is 7.06. The Balaban J connectivity index is 1.77. The summed E-state index contributed by atoms with van der Waals surface area (Å²) in [7, 11) is 1.29. The maximum absolute atomic E-state index is 12.3. The molecule has 10 heteroatoms.